The van der Waals surface area contributed by atoms with Gasteiger partial charge in [0.1, 0.15) is 5.75 Å². The molecule has 2 aromatic rings. The molecule has 1 fully saturated rings. The standard InChI is InChI=1S/C21H25NO3/c1-15(21(24)22-18-9-11-19(23)12-10-18)25-20-13-7-17(8-14-20)16-5-3-2-4-6-16/h2-8,13-15,18-19,23H,9-12H2,1H3,(H,22,24). The van der Waals surface area contributed by atoms with E-state index in [1.807, 2.05) is 42.5 Å². The molecule has 0 heterocycles. The SMILES string of the molecule is CC(Oc1ccc(-c2ccccc2)cc1)C(=O)NC1CCC(O)CC1. The predicted octanol–water partition coefficient (Wildman–Crippen LogP) is 3.54. The lowest BCUT2D eigenvalue weighted by molar-refractivity contribution is -0.128. The minimum atomic E-state index is -0.547. The molecular weight excluding hydrogens is 314 g/mol. The van der Waals surface area contributed by atoms with Gasteiger partial charge in [-0.25, -0.2) is 0 Å². The maximum atomic E-state index is 12.3. The number of carbonyl (C=O) groups is 1. The molecule has 25 heavy (non-hydrogen) atoms. The molecule has 1 amide bonds. The highest BCUT2D eigenvalue weighted by Crippen LogP contribution is 2.23. The summed E-state index contributed by atoms with van der Waals surface area (Å²) in [6.45, 7) is 1.76. The highest BCUT2D eigenvalue weighted by atomic mass is 16.5. The number of benzene rings is 2. The van der Waals surface area contributed by atoms with Crippen molar-refractivity contribution in [2.24, 2.45) is 0 Å². The third-order valence-electron chi connectivity index (χ3n) is 4.69. The van der Waals surface area contributed by atoms with Crippen LogP contribution in [-0.2, 0) is 4.79 Å². The van der Waals surface area contributed by atoms with E-state index >= 15 is 0 Å². The fourth-order valence-electron chi connectivity index (χ4n) is 3.15. The molecule has 4 nitrogen and oxygen atoms in total. The molecule has 1 aliphatic rings. The maximum Gasteiger partial charge on any atom is 0.260 e. The van der Waals surface area contributed by atoms with E-state index in [0.717, 1.165) is 36.8 Å². The van der Waals surface area contributed by atoms with Gasteiger partial charge in [0.25, 0.3) is 5.91 Å². The number of hydrogen-bond donors (Lipinski definition) is 2. The Balaban J connectivity index is 1.53. The van der Waals surface area contributed by atoms with Crippen molar-refractivity contribution in [3.8, 4) is 16.9 Å². The topological polar surface area (TPSA) is 58.6 Å². The summed E-state index contributed by atoms with van der Waals surface area (Å²) < 4.78 is 5.77. The van der Waals surface area contributed by atoms with E-state index in [0.29, 0.717) is 5.75 Å². The number of ether oxygens (including phenoxy) is 1. The van der Waals surface area contributed by atoms with Gasteiger partial charge in [0.2, 0.25) is 0 Å². The highest BCUT2D eigenvalue weighted by Gasteiger charge is 2.23. The van der Waals surface area contributed by atoms with Crippen LogP contribution in [0.2, 0.25) is 0 Å². The molecule has 0 aliphatic heterocycles. The normalized spacial score (nSPS) is 21.4. The summed E-state index contributed by atoms with van der Waals surface area (Å²) in [5.41, 5.74) is 2.27. The van der Waals surface area contributed by atoms with E-state index in [1.54, 1.807) is 6.92 Å². The maximum absolute atomic E-state index is 12.3. The van der Waals surface area contributed by atoms with Gasteiger partial charge in [0.05, 0.1) is 6.10 Å². The molecule has 2 aromatic carbocycles. The van der Waals surface area contributed by atoms with Crippen molar-refractivity contribution in [2.75, 3.05) is 0 Å². The largest absolute Gasteiger partial charge is 0.481 e. The molecular formula is C21H25NO3. The van der Waals surface area contributed by atoms with Gasteiger partial charge < -0.3 is 15.2 Å². The van der Waals surface area contributed by atoms with Crippen molar-refractivity contribution in [1.29, 1.82) is 0 Å². The van der Waals surface area contributed by atoms with E-state index in [9.17, 15) is 9.90 Å². The number of nitrogens with one attached hydrogen (secondary N) is 1. The van der Waals surface area contributed by atoms with Gasteiger partial charge in [-0.1, -0.05) is 42.5 Å². The Morgan fingerprint density at radius 1 is 1.00 bits per heavy atom. The number of hydrogen-bond acceptors (Lipinski definition) is 3. The Morgan fingerprint density at radius 3 is 2.24 bits per heavy atom. The van der Waals surface area contributed by atoms with Gasteiger partial charge in [-0.3, -0.25) is 4.79 Å². The molecule has 0 bridgehead atoms. The monoisotopic (exact) mass is 339 g/mol. The first kappa shape index (κ1) is 17.5. The minimum absolute atomic E-state index is 0.103. The number of rotatable bonds is 5. The Morgan fingerprint density at radius 2 is 1.60 bits per heavy atom. The number of aliphatic hydroxyl groups excluding tert-OH is 1. The van der Waals surface area contributed by atoms with Gasteiger partial charge in [0, 0.05) is 6.04 Å². The van der Waals surface area contributed by atoms with Crippen LogP contribution >= 0.6 is 0 Å². The van der Waals surface area contributed by atoms with E-state index in [4.69, 9.17) is 4.74 Å². The summed E-state index contributed by atoms with van der Waals surface area (Å²) in [6, 6.07) is 18.1. The number of carbonyl (C=O) groups excluding carboxylic acids is 1. The van der Waals surface area contributed by atoms with Crippen molar-refractivity contribution in [2.45, 2.75) is 50.9 Å². The zero-order valence-electron chi connectivity index (χ0n) is 14.5. The second kappa shape index (κ2) is 8.17. The average molecular weight is 339 g/mol. The third kappa shape index (κ3) is 4.83. The van der Waals surface area contributed by atoms with Gasteiger partial charge in [-0.05, 0) is 55.9 Å². The smallest absolute Gasteiger partial charge is 0.260 e. The molecule has 4 heteroatoms. The molecule has 1 aliphatic carbocycles. The molecule has 0 spiro atoms. The van der Waals surface area contributed by atoms with Gasteiger partial charge in [-0.2, -0.15) is 0 Å². The van der Waals surface area contributed by atoms with E-state index < -0.39 is 6.10 Å². The van der Waals surface area contributed by atoms with Crippen LogP contribution in [-0.4, -0.2) is 29.3 Å². The van der Waals surface area contributed by atoms with Crippen LogP contribution in [0.15, 0.2) is 54.6 Å². The van der Waals surface area contributed by atoms with Gasteiger partial charge >= 0.3 is 0 Å². The second-order valence-corrected chi connectivity index (χ2v) is 6.66. The quantitative estimate of drug-likeness (QED) is 0.876. The summed E-state index contributed by atoms with van der Waals surface area (Å²) in [5, 5.41) is 12.6. The van der Waals surface area contributed by atoms with Crippen LogP contribution < -0.4 is 10.1 Å². The summed E-state index contributed by atoms with van der Waals surface area (Å²) in [6.07, 6.45) is 2.39. The van der Waals surface area contributed by atoms with E-state index in [2.05, 4.69) is 17.4 Å². The number of amides is 1. The summed E-state index contributed by atoms with van der Waals surface area (Å²) >= 11 is 0. The fourth-order valence-corrected chi connectivity index (χ4v) is 3.15. The Bertz CT molecular complexity index is 676. The van der Waals surface area contributed by atoms with Crippen molar-refractivity contribution in [3.05, 3.63) is 54.6 Å². The lowest BCUT2D eigenvalue weighted by Gasteiger charge is -2.27. The lowest BCUT2D eigenvalue weighted by Crippen LogP contribution is -2.44. The van der Waals surface area contributed by atoms with Crippen molar-refractivity contribution < 1.29 is 14.6 Å². The third-order valence-corrected chi connectivity index (χ3v) is 4.69. The molecule has 3 rings (SSSR count). The molecule has 1 saturated carbocycles. The van der Waals surface area contributed by atoms with Crippen LogP contribution in [0.3, 0.4) is 0 Å². The molecule has 0 saturated heterocycles. The Labute approximate surface area is 148 Å². The minimum Gasteiger partial charge on any atom is -0.481 e. The highest BCUT2D eigenvalue weighted by molar-refractivity contribution is 5.81. The van der Waals surface area contributed by atoms with Crippen molar-refractivity contribution >= 4 is 5.91 Å². The first-order valence-electron chi connectivity index (χ1n) is 8.92. The van der Waals surface area contributed by atoms with Gasteiger partial charge in [-0.15, -0.1) is 0 Å². The second-order valence-electron chi connectivity index (χ2n) is 6.66. The average Bonchev–Trinajstić information content (AvgIpc) is 2.65. The summed E-state index contributed by atoms with van der Waals surface area (Å²) in [4.78, 5) is 12.3. The van der Waals surface area contributed by atoms with Crippen LogP contribution in [0.5, 0.6) is 5.75 Å². The van der Waals surface area contributed by atoms with Crippen molar-refractivity contribution in [3.63, 3.8) is 0 Å². The molecule has 1 atom stereocenters. The Kier molecular flexibility index (Phi) is 5.71. The molecule has 1 unspecified atom stereocenters. The first-order valence-corrected chi connectivity index (χ1v) is 8.92. The Hall–Kier alpha value is -2.33. The number of aliphatic hydroxyl groups is 1. The summed E-state index contributed by atoms with van der Waals surface area (Å²) in [7, 11) is 0. The predicted molar refractivity (Wildman–Crippen MR) is 98.4 cm³/mol. The molecule has 0 radical (unpaired) electrons. The molecule has 0 aromatic heterocycles. The first-order chi connectivity index (χ1) is 12.1. The van der Waals surface area contributed by atoms with Crippen LogP contribution in [0.25, 0.3) is 11.1 Å². The zero-order valence-corrected chi connectivity index (χ0v) is 14.5. The molecule has 132 valence electrons. The van der Waals surface area contributed by atoms with E-state index in [-0.39, 0.29) is 18.1 Å². The van der Waals surface area contributed by atoms with Crippen LogP contribution in [0, 0.1) is 0 Å². The van der Waals surface area contributed by atoms with Crippen LogP contribution in [0.1, 0.15) is 32.6 Å². The van der Waals surface area contributed by atoms with Crippen molar-refractivity contribution in [1.82, 2.24) is 5.32 Å². The lowest BCUT2D eigenvalue weighted by atomic mass is 9.93. The van der Waals surface area contributed by atoms with E-state index in [1.165, 1.54) is 0 Å². The fraction of sp³-hybridized carbons (Fsp3) is 0.381. The molecule has 2 N–H and O–H groups in total. The van der Waals surface area contributed by atoms with Crippen LogP contribution in [0.4, 0.5) is 0 Å². The van der Waals surface area contributed by atoms with Gasteiger partial charge in [0.15, 0.2) is 6.10 Å². The summed E-state index contributed by atoms with van der Waals surface area (Å²) in [5.74, 6) is 0.579. The zero-order chi connectivity index (χ0) is 17.6.